The number of alkyl halides is 2. The Morgan fingerprint density at radius 1 is 1.24 bits per heavy atom. The van der Waals surface area contributed by atoms with Crippen LogP contribution >= 0.6 is 0 Å². The van der Waals surface area contributed by atoms with Crippen LogP contribution in [0, 0.1) is 0 Å². The molecule has 5 nitrogen and oxygen atoms in total. The van der Waals surface area contributed by atoms with E-state index in [1.54, 1.807) is 30.7 Å². The molecule has 0 aliphatic heterocycles. The van der Waals surface area contributed by atoms with Crippen molar-refractivity contribution in [2.45, 2.75) is 32.4 Å². The van der Waals surface area contributed by atoms with E-state index in [4.69, 9.17) is 0 Å². The fourth-order valence-corrected chi connectivity index (χ4v) is 2.79. The quantitative estimate of drug-likeness (QED) is 0.743. The SMILES string of the molecule is CC(NC(=O)CCn1c(C(F)F)cc2cccnc21)c1ccncc1. The Balaban J connectivity index is 1.70. The molecule has 0 bridgehead atoms. The predicted molar refractivity (Wildman–Crippen MR) is 90.1 cm³/mol. The van der Waals surface area contributed by atoms with Gasteiger partial charge in [0.05, 0.1) is 11.7 Å². The van der Waals surface area contributed by atoms with Crippen LogP contribution in [0.2, 0.25) is 0 Å². The van der Waals surface area contributed by atoms with Gasteiger partial charge in [0.1, 0.15) is 5.65 Å². The molecule has 0 aliphatic rings. The maximum Gasteiger partial charge on any atom is 0.278 e. The largest absolute Gasteiger partial charge is 0.350 e. The highest BCUT2D eigenvalue weighted by Gasteiger charge is 2.18. The highest BCUT2D eigenvalue weighted by Crippen LogP contribution is 2.26. The number of aryl methyl sites for hydroxylation is 1. The van der Waals surface area contributed by atoms with Crippen LogP contribution in [0.3, 0.4) is 0 Å². The van der Waals surface area contributed by atoms with Gasteiger partial charge in [-0.3, -0.25) is 9.78 Å². The van der Waals surface area contributed by atoms with E-state index in [0.717, 1.165) is 5.56 Å². The monoisotopic (exact) mass is 344 g/mol. The zero-order chi connectivity index (χ0) is 17.8. The topological polar surface area (TPSA) is 59.8 Å². The lowest BCUT2D eigenvalue weighted by Crippen LogP contribution is -2.27. The van der Waals surface area contributed by atoms with Crippen molar-refractivity contribution in [1.82, 2.24) is 19.9 Å². The lowest BCUT2D eigenvalue weighted by molar-refractivity contribution is -0.122. The van der Waals surface area contributed by atoms with Crippen molar-refractivity contribution < 1.29 is 13.6 Å². The number of nitrogens with zero attached hydrogens (tertiary/aromatic N) is 3. The minimum Gasteiger partial charge on any atom is -0.350 e. The van der Waals surface area contributed by atoms with E-state index in [2.05, 4.69) is 15.3 Å². The summed E-state index contributed by atoms with van der Waals surface area (Å²) in [6.45, 7) is 2.01. The number of pyridine rings is 2. The van der Waals surface area contributed by atoms with Crippen LogP contribution in [0.4, 0.5) is 8.78 Å². The lowest BCUT2D eigenvalue weighted by Gasteiger charge is -2.15. The first-order valence-corrected chi connectivity index (χ1v) is 7.98. The molecule has 3 aromatic rings. The fourth-order valence-electron chi connectivity index (χ4n) is 2.79. The van der Waals surface area contributed by atoms with Crippen LogP contribution in [0.25, 0.3) is 11.0 Å². The standard InChI is InChI=1S/C18H18F2N4O/c1-12(13-4-8-21-9-5-13)23-16(25)6-10-24-15(17(19)20)11-14-3-2-7-22-18(14)24/h2-5,7-9,11-12,17H,6,10H2,1H3,(H,23,25). The average molecular weight is 344 g/mol. The number of amides is 1. The second-order valence-electron chi connectivity index (χ2n) is 5.76. The summed E-state index contributed by atoms with van der Waals surface area (Å²) < 4.78 is 27.9. The van der Waals surface area contributed by atoms with Crippen molar-refractivity contribution in [2.75, 3.05) is 0 Å². The molecule has 7 heteroatoms. The molecular formula is C18H18F2N4O. The number of carbonyl (C=O) groups excluding carboxylic acids is 1. The number of nitrogens with one attached hydrogen (secondary N) is 1. The summed E-state index contributed by atoms with van der Waals surface area (Å²) in [6, 6.07) is 8.32. The number of carbonyl (C=O) groups is 1. The Bertz CT molecular complexity index is 864. The third-order valence-electron chi connectivity index (χ3n) is 4.06. The number of halogens is 2. The van der Waals surface area contributed by atoms with Gasteiger partial charge in [-0.15, -0.1) is 0 Å². The van der Waals surface area contributed by atoms with Crippen LogP contribution in [0.15, 0.2) is 48.9 Å². The molecule has 130 valence electrons. The van der Waals surface area contributed by atoms with E-state index in [1.165, 1.54) is 10.6 Å². The molecule has 1 unspecified atom stereocenters. The van der Waals surface area contributed by atoms with Gasteiger partial charge in [0, 0.05) is 36.9 Å². The zero-order valence-electron chi connectivity index (χ0n) is 13.7. The molecule has 0 saturated carbocycles. The van der Waals surface area contributed by atoms with Gasteiger partial charge < -0.3 is 9.88 Å². The average Bonchev–Trinajstić information content (AvgIpc) is 2.99. The first-order valence-electron chi connectivity index (χ1n) is 7.98. The molecule has 1 amide bonds. The molecule has 25 heavy (non-hydrogen) atoms. The van der Waals surface area contributed by atoms with Gasteiger partial charge in [-0.2, -0.15) is 0 Å². The highest BCUT2D eigenvalue weighted by atomic mass is 19.3. The molecule has 0 aliphatic carbocycles. The predicted octanol–water partition coefficient (Wildman–Crippen LogP) is 3.64. The molecule has 3 aromatic heterocycles. The minimum absolute atomic E-state index is 0.0928. The molecule has 0 fully saturated rings. The number of rotatable bonds is 6. The van der Waals surface area contributed by atoms with Crippen molar-refractivity contribution in [3.63, 3.8) is 0 Å². The third kappa shape index (κ3) is 3.81. The van der Waals surface area contributed by atoms with E-state index < -0.39 is 6.43 Å². The summed E-state index contributed by atoms with van der Waals surface area (Å²) in [5.74, 6) is -0.206. The first kappa shape index (κ1) is 17.0. The summed E-state index contributed by atoms with van der Waals surface area (Å²) in [4.78, 5) is 20.3. The maximum absolute atomic E-state index is 13.3. The van der Waals surface area contributed by atoms with Gasteiger partial charge in [-0.05, 0) is 42.8 Å². The van der Waals surface area contributed by atoms with Crippen LogP contribution in [-0.4, -0.2) is 20.4 Å². The molecule has 0 saturated heterocycles. The second kappa shape index (κ2) is 7.38. The number of aromatic nitrogens is 3. The van der Waals surface area contributed by atoms with Crippen molar-refractivity contribution in [3.8, 4) is 0 Å². The Hall–Kier alpha value is -2.83. The normalized spacial score (nSPS) is 12.5. The molecular weight excluding hydrogens is 326 g/mol. The Morgan fingerprint density at radius 3 is 2.72 bits per heavy atom. The van der Waals surface area contributed by atoms with Gasteiger partial charge in [-0.25, -0.2) is 13.8 Å². The number of hydrogen-bond acceptors (Lipinski definition) is 3. The summed E-state index contributed by atoms with van der Waals surface area (Å²) >= 11 is 0. The van der Waals surface area contributed by atoms with E-state index >= 15 is 0 Å². The van der Waals surface area contributed by atoms with E-state index in [9.17, 15) is 13.6 Å². The smallest absolute Gasteiger partial charge is 0.278 e. The molecule has 3 rings (SSSR count). The molecule has 0 radical (unpaired) electrons. The molecule has 1 N–H and O–H groups in total. The molecule has 1 atom stereocenters. The highest BCUT2D eigenvalue weighted by molar-refractivity contribution is 5.79. The van der Waals surface area contributed by atoms with E-state index in [1.807, 2.05) is 19.1 Å². The Labute approximate surface area is 143 Å². The summed E-state index contributed by atoms with van der Waals surface area (Å²) in [7, 11) is 0. The van der Waals surface area contributed by atoms with E-state index in [-0.39, 0.29) is 30.6 Å². The van der Waals surface area contributed by atoms with Crippen LogP contribution in [-0.2, 0) is 11.3 Å². The second-order valence-corrected chi connectivity index (χ2v) is 5.76. The van der Waals surface area contributed by atoms with Gasteiger partial charge in [0.25, 0.3) is 6.43 Å². The van der Waals surface area contributed by atoms with Gasteiger partial charge >= 0.3 is 0 Å². The Kier molecular flexibility index (Phi) is 5.02. The minimum atomic E-state index is -2.62. The summed E-state index contributed by atoms with van der Waals surface area (Å²) in [5.41, 5.74) is 1.28. The Morgan fingerprint density at radius 2 is 2.00 bits per heavy atom. The van der Waals surface area contributed by atoms with Gasteiger partial charge in [0.2, 0.25) is 5.91 Å². The van der Waals surface area contributed by atoms with E-state index in [0.29, 0.717) is 11.0 Å². The first-order chi connectivity index (χ1) is 12.1. The van der Waals surface area contributed by atoms with Gasteiger partial charge in [0.15, 0.2) is 0 Å². The van der Waals surface area contributed by atoms with Gasteiger partial charge in [-0.1, -0.05) is 0 Å². The number of hydrogen-bond donors (Lipinski definition) is 1. The van der Waals surface area contributed by atoms with Crippen molar-refractivity contribution in [3.05, 3.63) is 60.2 Å². The fraction of sp³-hybridized carbons (Fsp3) is 0.278. The molecule has 0 spiro atoms. The van der Waals surface area contributed by atoms with Crippen LogP contribution < -0.4 is 5.32 Å². The maximum atomic E-state index is 13.3. The molecule has 3 heterocycles. The van der Waals surface area contributed by atoms with Crippen molar-refractivity contribution in [1.29, 1.82) is 0 Å². The summed E-state index contributed by atoms with van der Waals surface area (Å²) in [6.07, 6.45) is 2.34. The summed E-state index contributed by atoms with van der Waals surface area (Å²) in [5, 5.41) is 3.51. The molecule has 0 aromatic carbocycles. The van der Waals surface area contributed by atoms with Crippen LogP contribution in [0.1, 0.15) is 37.1 Å². The lowest BCUT2D eigenvalue weighted by atomic mass is 10.1. The van der Waals surface area contributed by atoms with Crippen molar-refractivity contribution >= 4 is 16.9 Å². The number of fused-ring (bicyclic) bond motifs is 1. The zero-order valence-corrected chi connectivity index (χ0v) is 13.7. The third-order valence-corrected chi connectivity index (χ3v) is 4.06. The van der Waals surface area contributed by atoms with Crippen molar-refractivity contribution in [2.24, 2.45) is 0 Å². The van der Waals surface area contributed by atoms with Crippen LogP contribution in [0.5, 0.6) is 0 Å².